The summed E-state index contributed by atoms with van der Waals surface area (Å²) >= 11 is 5.93. The standard InChI is InChI=1S/C13H17ClN2O2/c1-9-7-16(6-5-15-9)10-3-2-4-11-13(10)17-8-12(14)18-11/h2-4,9,12,15H,5-8H2,1H3. The minimum atomic E-state index is -0.394. The number of benzene rings is 1. The van der Waals surface area contributed by atoms with Crippen LogP contribution in [-0.4, -0.2) is 37.8 Å². The maximum absolute atomic E-state index is 5.93. The molecular formula is C13H17ClN2O2. The molecule has 2 unspecified atom stereocenters. The highest BCUT2D eigenvalue weighted by Gasteiger charge is 2.25. The largest absolute Gasteiger partial charge is 0.482 e. The van der Waals surface area contributed by atoms with Crippen molar-refractivity contribution >= 4 is 17.3 Å². The van der Waals surface area contributed by atoms with Crippen LogP contribution in [0.25, 0.3) is 0 Å². The van der Waals surface area contributed by atoms with E-state index in [-0.39, 0.29) is 0 Å². The van der Waals surface area contributed by atoms with Crippen LogP contribution in [0.1, 0.15) is 6.92 Å². The average Bonchev–Trinajstić information content (AvgIpc) is 2.37. The molecule has 1 N–H and O–H groups in total. The summed E-state index contributed by atoms with van der Waals surface area (Å²) in [4.78, 5) is 2.33. The molecule has 2 aliphatic rings. The molecule has 1 aromatic carbocycles. The van der Waals surface area contributed by atoms with E-state index in [1.807, 2.05) is 12.1 Å². The molecule has 3 rings (SSSR count). The molecule has 0 spiro atoms. The van der Waals surface area contributed by atoms with Gasteiger partial charge < -0.3 is 19.7 Å². The molecule has 4 nitrogen and oxygen atoms in total. The van der Waals surface area contributed by atoms with E-state index in [4.69, 9.17) is 21.1 Å². The Balaban J connectivity index is 1.90. The summed E-state index contributed by atoms with van der Waals surface area (Å²) in [6, 6.07) is 6.45. The van der Waals surface area contributed by atoms with Gasteiger partial charge in [0.2, 0.25) is 5.56 Å². The Morgan fingerprint density at radius 3 is 3.17 bits per heavy atom. The lowest BCUT2D eigenvalue weighted by atomic mass is 10.2. The molecule has 2 atom stereocenters. The number of hydrogen-bond donors (Lipinski definition) is 1. The van der Waals surface area contributed by atoms with Crippen LogP contribution in [0.3, 0.4) is 0 Å². The van der Waals surface area contributed by atoms with Crippen LogP contribution in [0.2, 0.25) is 0 Å². The third kappa shape index (κ3) is 2.22. The SMILES string of the molecule is CC1CN(c2cccc3c2OCC(Cl)O3)CCN1. The lowest BCUT2D eigenvalue weighted by Gasteiger charge is -2.36. The van der Waals surface area contributed by atoms with Crippen LogP contribution >= 0.6 is 11.6 Å². The molecule has 0 aliphatic carbocycles. The molecule has 0 bridgehead atoms. The maximum Gasteiger partial charge on any atom is 0.206 e. The fraction of sp³-hybridized carbons (Fsp3) is 0.538. The summed E-state index contributed by atoms with van der Waals surface area (Å²) < 4.78 is 11.3. The van der Waals surface area contributed by atoms with E-state index >= 15 is 0 Å². The Bertz CT molecular complexity index is 441. The molecule has 0 amide bonds. The number of para-hydroxylation sites is 1. The van der Waals surface area contributed by atoms with E-state index in [1.165, 1.54) is 0 Å². The van der Waals surface area contributed by atoms with Crippen LogP contribution in [-0.2, 0) is 0 Å². The smallest absolute Gasteiger partial charge is 0.206 e. The number of halogens is 1. The Hall–Kier alpha value is -1.13. The molecule has 1 fully saturated rings. The zero-order valence-electron chi connectivity index (χ0n) is 10.4. The summed E-state index contributed by atoms with van der Waals surface area (Å²) in [5, 5.41) is 3.43. The molecular weight excluding hydrogens is 252 g/mol. The zero-order chi connectivity index (χ0) is 12.5. The minimum absolute atomic E-state index is 0.394. The first-order valence-electron chi connectivity index (χ1n) is 6.29. The van der Waals surface area contributed by atoms with E-state index < -0.39 is 5.56 Å². The first kappa shape index (κ1) is 11.9. The Morgan fingerprint density at radius 1 is 1.44 bits per heavy atom. The molecule has 1 aromatic rings. The molecule has 0 aromatic heterocycles. The summed E-state index contributed by atoms with van der Waals surface area (Å²) in [7, 11) is 0. The number of nitrogens with one attached hydrogen (secondary N) is 1. The van der Waals surface area contributed by atoms with Crippen molar-refractivity contribution in [3.05, 3.63) is 18.2 Å². The maximum atomic E-state index is 5.93. The Labute approximate surface area is 112 Å². The average molecular weight is 269 g/mol. The van der Waals surface area contributed by atoms with Gasteiger partial charge in [-0.05, 0) is 19.1 Å². The van der Waals surface area contributed by atoms with Gasteiger partial charge in [0.25, 0.3) is 0 Å². The number of piperazine rings is 1. The van der Waals surface area contributed by atoms with Crippen molar-refractivity contribution in [2.75, 3.05) is 31.1 Å². The summed E-state index contributed by atoms with van der Waals surface area (Å²) in [6.45, 7) is 5.53. The van der Waals surface area contributed by atoms with Crippen molar-refractivity contribution in [2.45, 2.75) is 18.5 Å². The number of alkyl halides is 1. The third-order valence-corrected chi connectivity index (χ3v) is 3.50. The van der Waals surface area contributed by atoms with E-state index in [1.54, 1.807) is 0 Å². The highest BCUT2D eigenvalue weighted by molar-refractivity contribution is 6.20. The van der Waals surface area contributed by atoms with Crippen LogP contribution in [0.15, 0.2) is 18.2 Å². The summed E-state index contributed by atoms with van der Waals surface area (Å²) in [6.07, 6.45) is 0. The molecule has 1 saturated heterocycles. The van der Waals surface area contributed by atoms with Crippen molar-refractivity contribution in [3.63, 3.8) is 0 Å². The van der Waals surface area contributed by atoms with Gasteiger partial charge in [-0.25, -0.2) is 0 Å². The third-order valence-electron chi connectivity index (χ3n) is 3.28. The lowest BCUT2D eigenvalue weighted by molar-refractivity contribution is 0.144. The Morgan fingerprint density at radius 2 is 2.33 bits per heavy atom. The van der Waals surface area contributed by atoms with Gasteiger partial charge >= 0.3 is 0 Å². The van der Waals surface area contributed by atoms with Crippen LogP contribution < -0.4 is 19.7 Å². The second kappa shape index (κ2) is 4.86. The van der Waals surface area contributed by atoms with Gasteiger partial charge in [0.15, 0.2) is 11.5 Å². The first-order chi connectivity index (χ1) is 8.74. The number of anilines is 1. The van der Waals surface area contributed by atoms with Gasteiger partial charge in [-0.3, -0.25) is 0 Å². The second-order valence-corrected chi connectivity index (χ2v) is 5.23. The summed E-state index contributed by atoms with van der Waals surface area (Å²) in [5.74, 6) is 1.56. The monoisotopic (exact) mass is 268 g/mol. The number of fused-ring (bicyclic) bond motifs is 1. The molecule has 5 heteroatoms. The molecule has 2 aliphatic heterocycles. The number of hydrogen-bond acceptors (Lipinski definition) is 4. The molecule has 18 heavy (non-hydrogen) atoms. The van der Waals surface area contributed by atoms with Gasteiger partial charge in [-0.1, -0.05) is 17.7 Å². The molecule has 0 radical (unpaired) electrons. The topological polar surface area (TPSA) is 33.7 Å². The van der Waals surface area contributed by atoms with Gasteiger partial charge in [-0.15, -0.1) is 0 Å². The highest BCUT2D eigenvalue weighted by atomic mass is 35.5. The van der Waals surface area contributed by atoms with Gasteiger partial charge in [0.1, 0.15) is 6.61 Å². The first-order valence-corrected chi connectivity index (χ1v) is 6.72. The highest BCUT2D eigenvalue weighted by Crippen LogP contribution is 2.41. The zero-order valence-corrected chi connectivity index (χ0v) is 11.1. The lowest BCUT2D eigenvalue weighted by Crippen LogP contribution is -2.49. The quantitative estimate of drug-likeness (QED) is 0.788. The molecule has 98 valence electrons. The Kier molecular flexibility index (Phi) is 3.22. The van der Waals surface area contributed by atoms with Crippen molar-refractivity contribution in [2.24, 2.45) is 0 Å². The van der Waals surface area contributed by atoms with Crippen molar-refractivity contribution in [1.29, 1.82) is 0 Å². The van der Waals surface area contributed by atoms with Crippen molar-refractivity contribution in [3.8, 4) is 11.5 Å². The molecule has 2 heterocycles. The van der Waals surface area contributed by atoms with E-state index in [2.05, 4.69) is 23.2 Å². The fourth-order valence-electron chi connectivity index (χ4n) is 2.46. The van der Waals surface area contributed by atoms with Gasteiger partial charge in [-0.2, -0.15) is 0 Å². The normalized spacial score (nSPS) is 27.1. The predicted molar refractivity (Wildman–Crippen MR) is 71.9 cm³/mol. The van der Waals surface area contributed by atoms with Crippen molar-refractivity contribution < 1.29 is 9.47 Å². The minimum Gasteiger partial charge on any atom is -0.482 e. The van der Waals surface area contributed by atoms with Crippen molar-refractivity contribution in [1.82, 2.24) is 5.32 Å². The van der Waals surface area contributed by atoms with Crippen LogP contribution in [0.5, 0.6) is 11.5 Å². The van der Waals surface area contributed by atoms with Crippen LogP contribution in [0.4, 0.5) is 5.69 Å². The van der Waals surface area contributed by atoms with Gasteiger partial charge in [0, 0.05) is 25.7 Å². The fourth-order valence-corrected chi connectivity index (χ4v) is 2.62. The van der Waals surface area contributed by atoms with E-state index in [0.717, 1.165) is 36.8 Å². The number of ether oxygens (including phenoxy) is 2. The van der Waals surface area contributed by atoms with E-state index in [9.17, 15) is 0 Å². The number of nitrogens with zero attached hydrogens (tertiary/aromatic N) is 1. The van der Waals surface area contributed by atoms with Gasteiger partial charge in [0.05, 0.1) is 5.69 Å². The second-order valence-electron chi connectivity index (χ2n) is 4.74. The molecule has 0 saturated carbocycles. The van der Waals surface area contributed by atoms with Crippen LogP contribution in [0, 0.1) is 0 Å². The van der Waals surface area contributed by atoms with E-state index in [0.29, 0.717) is 12.6 Å². The predicted octanol–water partition coefficient (Wildman–Crippen LogP) is 1.82. The summed E-state index contributed by atoms with van der Waals surface area (Å²) in [5.41, 5.74) is 0.708. The number of rotatable bonds is 1.